The zero-order valence-electron chi connectivity index (χ0n) is 20.2. The number of aryl methyl sites for hydroxylation is 2. The predicted octanol–water partition coefficient (Wildman–Crippen LogP) is 4.56. The smallest absolute Gasteiger partial charge is 0.261 e. The molecular weight excluding hydrogens is 416 g/mol. The van der Waals surface area contributed by atoms with Gasteiger partial charge in [0, 0.05) is 12.6 Å². The summed E-state index contributed by atoms with van der Waals surface area (Å²) in [6, 6.07) is 13.0. The van der Waals surface area contributed by atoms with Crippen molar-refractivity contribution in [1.82, 2.24) is 10.2 Å². The molecule has 178 valence electrons. The van der Waals surface area contributed by atoms with Gasteiger partial charge < -0.3 is 19.7 Å². The topological polar surface area (TPSA) is 67.9 Å². The average Bonchev–Trinajstić information content (AvgIpc) is 3.33. The van der Waals surface area contributed by atoms with Gasteiger partial charge in [-0.1, -0.05) is 38.0 Å². The van der Waals surface area contributed by atoms with E-state index in [1.54, 1.807) is 12.0 Å². The van der Waals surface area contributed by atoms with Gasteiger partial charge in [-0.05, 0) is 74.1 Å². The summed E-state index contributed by atoms with van der Waals surface area (Å²) in [4.78, 5) is 28.1. The molecule has 1 aliphatic carbocycles. The molecule has 33 heavy (non-hydrogen) atoms. The van der Waals surface area contributed by atoms with E-state index in [0.717, 1.165) is 42.6 Å². The Balaban J connectivity index is 1.76. The van der Waals surface area contributed by atoms with Gasteiger partial charge in [-0.2, -0.15) is 0 Å². The molecule has 2 amide bonds. The van der Waals surface area contributed by atoms with E-state index in [1.165, 1.54) is 5.56 Å². The van der Waals surface area contributed by atoms with Crippen molar-refractivity contribution in [3.8, 4) is 11.5 Å². The van der Waals surface area contributed by atoms with Gasteiger partial charge in [0.2, 0.25) is 5.91 Å². The quantitative estimate of drug-likeness (QED) is 0.574. The number of nitrogens with one attached hydrogen (secondary N) is 1. The van der Waals surface area contributed by atoms with Crippen LogP contribution in [0.25, 0.3) is 0 Å². The molecule has 2 aromatic carbocycles. The molecule has 0 spiro atoms. The minimum atomic E-state index is -0.552. The molecule has 6 nitrogen and oxygen atoms in total. The van der Waals surface area contributed by atoms with Crippen LogP contribution in [0.4, 0.5) is 0 Å². The van der Waals surface area contributed by atoms with Gasteiger partial charge in [0.1, 0.15) is 17.5 Å². The molecule has 0 aromatic heterocycles. The van der Waals surface area contributed by atoms with Gasteiger partial charge in [-0.3, -0.25) is 9.59 Å². The van der Waals surface area contributed by atoms with E-state index in [0.29, 0.717) is 18.7 Å². The van der Waals surface area contributed by atoms with Crippen molar-refractivity contribution in [2.45, 2.75) is 71.5 Å². The lowest BCUT2D eigenvalue weighted by atomic mass is 10.1. The highest BCUT2D eigenvalue weighted by molar-refractivity contribution is 5.88. The number of nitrogens with zero attached hydrogens (tertiary/aromatic N) is 1. The first kappa shape index (κ1) is 24.6. The van der Waals surface area contributed by atoms with E-state index in [4.69, 9.17) is 9.47 Å². The fourth-order valence-electron chi connectivity index (χ4n) is 4.25. The number of carbonyl (C=O) groups is 2. The summed E-state index contributed by atoms with van der Waals surface area (Å²) >= 11 is 0. The number of carbonyl (C=O) groups excluding carboxylic acids is 2. The summed E-state index contributed by atoms with van der Waals surface area (Å²) in [5.41, 5.74) is 3.21. The molecule has 0 heterocycles. The highest BCUT2D eigenvalue weighted by Crippen LogP contribution is 2.21. The standard InChI is InChI=1S/C27H36N2O4/c1-5-25(27(31)28-22-8-6-7-9-22)29(17-21-11-14-23(32-4)15-12-21)26(30)18-33-24-13-10-19(2)20(3)16-24/h10-16,22,25H,5-9,17-18H2,1-4H3,(H,28,31)/t25-/m0/s1. The summed E-state index contributed by atoms with van der Waals surface area (Å²) < 4.78 is 11.1. The monoisotopic (exact) mass is 452 g/mol. The van der Waals surface area contributed by atoms with Crippen LogP contribution in [0, 0.1) is 13.8 Å². The van der Waals surface area contributed by atoms with E-state index >= 15 is 0 Å². The van der Waals surface area contributed by atoms with E-state index in [9.17, 15) is 9.59 Å². The first-order valence-corrected chi connectivity index (χ1v) is 11.8. The molecule has 0 saturated heterocycles. The second-order valence-electron chi connectivity index (χ2n) is 8.82. The van der Waals surface area contributed by atoms with Crippen LogP contribution >= 0.6 is 0 Å². The van der Waals surface area contributed by atoms with Crippen LogP contribution in [0.15, 0.2) is 42.5 Å². The number of methoxy groups -OCH3 is 1. The van der Waals surface area contributed by atoms with Crippen molar-refractivity contribution in [2.75, 3.05) is 13.7 Å². The second-order valence-corrected chi connectivity index (χ2v) is 8.82. The van der Waals surface area contributed by atoms with E-state index in [2.05, 4.69) is 5.32 Å². The zero-order valence-corrected chi connectivity index (χ0v) is 20.2. The summed E-state index contributed by atoms with van der Waals surface area (Å²) in [6.07, 6.45) is 4.82. The number of hydrogen-bond acceptors (Lipinski definition) is 4. The largest absolute Gasteiger partial charge is 0.497 e. The maximum absolute atomic E-state index is 13.3. The highest BCUT2D eigenvalue weighted by Gasteiger charge is 2.30. The fraction of sp³-hybridized carbons (Fsp3) is 0.481. The molecule has 3 rings (SSSR count). The Bertz CT molecular complexity index is 936. The average molecular weight is 453 g/mol. The molecule has 1 saturated carbocycles. The molecule has 0 bridgehead atoms. The van der Waals surface area contributed by atoms with E-state index in [-0.39, 0.29) is 24.5 Å². The van der Waals surface area contributed by atoms with Crippen molar-refractivity contribution in [3.05, 3.63) is 59.2 Å². The lowest BCUT2D eigenvalue weighted by molar-refractivity contribution is -0.143. The van der Waals surface area contributed by atoms with Gasteiger partial charge in [0.25, 0.3) is 5.91 Å². The normalized spacial score (nSPS) is 14.5. The Kier molecular flexibility index (Phi) is 8.75. The zero-order chi connectivity index (χ0) is 23.8. The molecule has 0 unspecified atom stereocenters. The first-order chi connectivity index (χ1) is 15.9. The van der Waals surface area contributed by atoms with E-state index in [1.807, 2.05) is 63.2 Å². The van der Waals surface area contributed by atoms with Crippen LogP contribution in [0.3, 0.4) is 0 Å². The number of ether oxygens (including phenoxy) is 2. The van der Waals surface area contributed by atoms with Crippen molar-refractivity contribution >= 4 is 11.8 Å². The summed E-state index contributed by atoms with van der Waals surface area (Å²) in [5, 5.41) is 3.16. The number of hydrogen-bond donors (Lipinski definition) is 1. The van der Waals surface area contributed by atoms with Gasteiger partial charge in [0.05, 0.1) is 7.11 Å². The van der Waals surface area contributed by atoms with Crippen molar-refractivity contribution in [3.63, 3.8) is 0 Å². The summed E-state index contributed by atoms with van der Waals surface area (Å²) in [7, 11) is 1.62. The summed E-state index contributed by atoms with van der Waals surface area (Å²) in [6.45, 7) is 6.20. The number of benzene rings is 2. The maximum atomic E-state index is 13.3. The SMILES string of the molecule is CC[C@@H](C(=O)NC1CCCC1)N(Cc1ccc(OC)cc1)C(=O)COc1ccc(C)c(C)c1. The molecule has 1 N–H and O–H groups in total. The number of rotatable bonds is 10. The van der Waals surface area contributed by atoms with Gasteiger partial charge in [0.15, 0.2) is 6.61 Å². The maximum Gasteiger partial charge on any atom is 0.261 e. The molecule has 0 radical (unpaired) electrons. The predicted molar refractivity (Wildman–Crippen MR) is 129 cm³/mol. The Morgan fingerprint density at radius 3 is 2.30 bits per heavy atom. The van der Waals surface area contributed by atoms with Crippen molar-refractivity contribution in [2.24, 2.45) is 0 Å². The Morgan fingerprint density at radius 2 is 1.70 bits per heavy atom. The lowest BCUT2D eigenvalue weighted by Crippen LogP contribution is -2.52. The van der Waals surface area contributed by atoms with Crippen molar-refractivity contribution < 1.29 is 19.1 Å². The molecule has 1 aliphatic rings. The molecule has 0 aliphatic heterocycles. The van der Waals surface area contributed by atoms with Crippen LogP contribution < -0.4 is 14.8 Å². The van der Waals surface area contributed by atoms with Gasteiger partial charge in [-0.25, -0.2) is 0 Å². The number of amides is 2. The fourth-order valence-corrected chi connectivity index (χ4v) is 4.25. The first-order valence-electron chi connectivity index (χ1n) is 11.8. The van der Waals surface area contributed by atoms with Crippen LogP contribution in [0.1, 0.15) is 55.7 Å². The van der Waals surface area contributed by atoms with Crippen LogP contribution in [0.2, 0.25) is 0 Å². The molecule has 6 heteroatoms. The summed E-state index contributed by atoms with van der Waals surface area (Å²) in [5.74, 6) is 1.11. The van der Waals surface area contributed by atoms with Crippen LogP contribution in [-0.2, 0) is 16.1 Å². The van der Waals surface area contributed by atoms with Crippen LogP contribution in [-0.4, -0.2) is 42.5 Å². The Labute approximate surface area is 197 Å². The van der Waals surface area contributed by atoms with Gasteiger partial charge >= 0.3 is 0 Å². The van der Waals surface area contributed by atoms with Crippen molar-refractivity contribution in [1.29, 1.82) is 0 Å². The third-order valence-electron chi connectivity index (χ3n) is 6.44. The molecular formula is C27H36N2O4. The third-order valence-corrected chi connectivity index (χ3v) is 6.44. The Morgan fingerprint density at radius 1 is 1.03 bits per heavy atom. The third kappa shape index (κ3) is 6.73. The molecule has 1 atom stereocenters. The highest BCUT2D eigenvalue weighted by atomic mass is 16.5. The Hall–Kier alpha value is -3.02. The van der Waals surface area contributed by atoms with Gasteiger partial charge in [-0.15, -0.1) is 0 Å². The minimum Gasteiger partial charge on any atom is -0.497 e. The molecule has 2 aromatic rings. The second kappa shape index (κ2) is 11.7. The molecule has 1 fully saturated rings. The minimum absolute atomic E-state index is 0.0857. The van der Waals surface area contributed by atoms with E-state index < -0.39 is 6.04 Å². The van der Waals surface area contributed by atoms with Crippen LogP contribution in [0.5, 0.6) is 11.5 Å². The lowest BCUT2D eigenvalue weighted by Gasteiger charge is -2.31.